The Kier molecular flexibility index (Phi) is 6.39. The highest BCUT2D eigenvalue weighted by Gasteiger charge is 2.33. The Morgan fingerprint density at radius 3 is 2.46 bits per heavy atom. The minimum Gasteiger partial charge on any atom is -0.496 e. The summed E-state index contributed by atoms with van der Waals surface area (Å²) in [6, 6.07) is 6.83. The number of fused-ring (bicyclic) bond motifs is 2. The third-order valence-corrected chi connectivity index (χ3v) is 6.05. The van der Waals surface area contributed by atoms with Gasteiger partial charge in [-0.05, 0) is 83.3 Å². The molecule has 1 aromatic carbocycles. The number of rotatable bonds is 6. The van der Waals surface area contributed by atoms with Crippen molar-refractivity contribution in [2.24, 2.45) is 5.92 Å². The van der Waals surface area contributed by atoms with Crippen molar-refractivity contribution in [3.63, 3.8) is 0 Å². The van der Waals surface area contributed by atoms with Gasteiger partial charge in [0.2, 0.25) is 0 Å². The van der Waals surface area contributed by atoms with Crippen LogP contribution >= 0.6 is 15.9 Å². The molecule has 1 aromatic heterocycles. The first-order valence-corrected chi connectivity index (χ1v) is 10.7. The standard InChI is InChI=1S/C23H30BrNO/c1-5-7-16(8-6-2)22-21-17(11-15(3)12-20(21)26-4)9-10-18-13-19(24)14-25-23(18)22/h11-14,16,22H,5-10H2,1-4H3. The zero-order chi connectivity index (χ0) is 18.7. The Hall–Kier alpha value is -1.35. The van der Waals surface area contributed by atoms with E-state index in [9.17, 15) is 0 Å². The molecule has 3 rings (SSSR count). The molecule has 0 spiro atoms. The molecule has 0 saturated heterocycles. The van der Waals surface area contributed by atoms with Crippen molar-refractivity contribution in [1.29, 1.82) is 0 Å². The van der Waals surface area contributed by atoms with Gasteiger partial charge in [0.05, 0.1) is 12.8 Å². The zero-order valence-corrected chi connectivity index (χ0v) is 18.0. The highest BCUT2D eigenvalue weighted by Crippen LogP contribution is 2.46. The molecule has 140 valence electrons. The minimum atomic E-state index is 0.325. The van der Waals surface area contributed by atoms with E-state index in [1.54, 1.807) is 0 Å². The molecule has 1 aliphatic rings. The average molecular weight is 416 g/mol. The summed E-state index contributed by atoms with van der Waals surface area (Å²) in [6.07, 6.45) is 8.93. The topological polar surface area (TPSA) is 22.1 Å². The number of hydrogen-bond donors (Lipinski definition) is 0. The fourth-order valence-electron chi connectivity index (χ4n) is 4.62. The molecular formula is C23H30BrNO. The number of halogens is 1. The summed E-state index contributed by atoms with van der Waals surface area (Å²) in [7, 11) is 1.81. The highest BCUT2D eigenvalue weighted by molar-refractivity contribution is 9.10. The van der Waals surface area contributed by atoms with E-state index in [2.05, 4.69) is 54.9 Å². The second-order valence-corrected chi connectivity index (χ2v) is 8.47. The van der Waals surface area contributed by atoms with Crippen LogP contribution in [0.5, 0.6) is 5.75 Å². The number of benzene rings is 1. The van der Waals surface area contributed by atoms with Crippen LogP contribution in [0.4, 0.5) is 0 Å². The first-order valence-electron chi connectivity index (χ1n) is 9.90. The normalized spacial score (nSPS) is 16.2. The quantitative estimate of drug-likeness (QED) is 0.529. The molecule has 1 atom stereocenters. The molecule has 0 radical (unpaired) electrons. The molecule has 3 heteroatoms. The van der Waals surface area contributed by atoms with Crippen molar-refractivity contribution in [1.82, 2.24) is 4.98 Å². The summed E-state index contributed by atoms with van der Waals surface area (Å²) in [4.78, 5) is 4.94. The van der Waals surface area contributed by atoms with Crippen molar-refractivity contribution in [3.8, 4) is 5.75 Å². The fourth-order valence-corrected chi connectivity index (χ4v) is 5.00. The predicted molar refractivity (Wildman–Crippen MR) is 112 cm³/mol. The molecule has 2 nitrogen and oxygen atoms in total. The smallest absolute Gasteiger partial charge is 0.123 e. The van der Waals surface area contributed by atoms with Crippen LogP contribution in [0.25, 0.3) is 0 Å². The lowest BCUT2D eigenvalue weighted by Gasteiger charge is -2.30. The lowest BCUT2D eigenvalue weighted by Crippen LogP contribution is -2.18. The number of nitrogens with zero attached hydrogens (tertiary/aromatic N) is 1. The Morgan fingerprint density at radius 2 is 1.81 bits per heavy atom. The number of hydrogen-bond acceptors (Lipinski definition) is 2. The highest BCUT2D eigenvalue weighted by atomic mass is 79.9. The molecule has 1 heterocycles. The molecule has 0 amide bonds. The molecule has 0 N–H and O–H groups in total. The Labute approximate surface area is 166 Å². The van der Waals surface area contributed by atoms with Gasteiger partial charge in [-0.2, -0.15) is 0 Å². The summed E-state index contributed by atoms with van der Waals surface area (Å²) in [5, 5.41) is 0. The molecule has 1 aliphatic carbocycles. The summed E-state index contributed by atoms with van der Waals surface area (Å²) < 4.78 is 6.96. The monoisotopic (exact) mass is 415 g/mol. The van der Waals surface area contributed by atoms with E-state index in [-0.39, 0.29) is 0 Å². The van der Waals surface area contributed by atoms with Crippen molar-refractivity contribution in [3.05, 3.63) is 56.8 Å². The Morgan fingerprint density at radius 1 is 1.12 bits per heavy atom. The van der Waals surface area contributed by atoms with E-state index in [0.717, 1.165) is 23.1 Å². The summed E-state index contributed by atoms with van der Waals surface area (Å²) in [6.45, 7) is 6.76. The number of aryl methyl sites for hydroxylation is 3. The summed E-state index contributed by atoms with van der Waals surface area (Å²) >= 11 is 3.62. The van der Waals surface area contributed by atoms with Crippen LogP contribution in [0, 0.1) is 12.8 Å². The largest absolute Gasteiger partial charge is 0.496 e. The summed E-state index contributed by atoms with van der Waals surface area (Å²) in [5.41, 5.74) is 6.76. The SMILES string of the molecule is CCCC(CCC)C1c2ncc(Br)cc2CCc2cc(C)cc(OC)c21. The van der Waals surface area contributed by atoms with Crippen LogP contribution in [0.2, 0.25) is 0 Å². The molecule has 2 aromatic rings. The van der Waals surface area contributed by atoms with E-state index >= 15 is 0 Å². The van der Waals surface area contributed by atoms with Gasteiger partial charge in [0.1, 0.15) is 5.75 Å². The zero-order valence-electron chi connectivity index (χ0n) is 16.4. The van der Waals surface area contributed by atoms with Gasteiger partial charge in [0.15, 0.2) is 0 Å². The van der Waals surface area contributed by atoms with Gasteiger partial charge in [0, 0.05) is 22.2 Å². The van der Waals surface area contributed by atoms with Crippen LogP contribution in [0.1, 0.15) is 73.4 Å². The average Bonchev–Trinajstić information content (AvgIpc) is 2.77. The van der Waals surface area contributed by atoms with Crippen LogP contribution in [-0.4, -0.2) is 12.1 Å². The second-order valence-electron chi connectivity index (χ2n) is 7.55. The van der Waals surface area contributed by atoms with Crippen LogP contribution in [0.3, 0.4) is 0 Å². The molecule has 0 fully saturated rings. The van der Waals surface area contributed by atoms with E-state index in [4.69, 9.17) is 9.72 Å². The van der Waals surface area contributed by atoms with Gasteiger partial charge in [-0.15, -0.1) is 0 Å². The van der Waals surface area contributed by atoms with Gasteiger partial charge < -0.3 is 4.74 Å². The number of methoxy groups -OCH3 is 1. The third-order valence-electron chi connectivity index (χ3n) is 5.62. The van der Waals surface area contributed by atoms with Gasteiger partial charge in [-0.1, -0.05) is 32.8 Å². The van der Waals surface area contributed by atoms with Crippen LogP contribution < -0.4 is 4.74 Å². The third kappa shape index (κ3) is 3.83. The molecule has 0 bridgehead atoms. The molecule has 1 unspecified atom stereocenters. The summed E-state index contributed by atoms with van der Waals surface area (Å²) in [5.74, 6) is 1.97. The van der Waals surface area contributed by atoms with Gasteiger partial charge in [0.25, 0.3) is 0 Å². The maximum absolute atomic E-state index is 5.89. The van der Waals surface area contributed by atoms with E-state index in [1.165, 1.54) is 53.6 Å². The maximum atomic E-state index is 5.89. The number of aromatic nitrogens is 1. The van der Waals surface area contributed by atoms with Crippen LogP contribution in [0.15, 0.2) is 28.9 Å². The lowest BCUT2D eigenvalue weighted by atomic mass is 9.76. The molecule has 26 heavy (non-hydrogen) atoms. The maximum Gasteiger partial charge on any atom is 0.123 e. The van der Waals surface area contributed by atoms with Gasteiger partial charge in [-0.3, -0.25) is 4.98 Å². The van der Waals surface area contributed by atoms with Crippen LogP contribution in [-0.2, 0) is 12.8 Å². The van der Waals surface area contributed by atoms with E-state index in [1.807, 2.05) is 13.3 Å². The predicted octanol–water partition coefficient (Wildman–Crippen LogP) is 6.61. The van der Waals surface area contributed by atoms with Crippen molar-refractivity contribution in [2.45, 2.75) is 65.2 Å². The van der Waals surface area contributed by atoms with Gasteiger partial charge in [-0.25, -0.2) is 0 Å². The molecule has 0 aliphatic heterocycles. The Bertz CT molecular complexity index is 765. The first kappa shape index (κ1) is 19.4. The van der Waals surface area contributed by atoms with E-state index in [0.29, 0.717) is 11.8 Å². The molecular weight excluding hydrogens is 386 g/mol. The number of pyridine rings is 1. The number of ether oxygens (including phenoxy) is 1. The van der Waals surface area contributed by atoms with Crippen molar-refractivity contribution >= 4 is 15.9 Å². The van der Waals surface area contributed by atoms with Crippen molar-refractivity contribution in [2.75, 3.05) is 7.11 Å². The van der Waals surface area contributed by atoms with Crippen molar-refractivity contribution < 1.29 is 4.74 Å². The lowest BCUT2D eigenvalue weighted by molar-refractivity contribution is 0.366. The fraction of sp³-hybridized carbons (Fsp3) is 0.522. The minimum absolute atomic E-state index is 0.325. The molecule has 0 saturated carbocycles. The Balaban J connectivity index is 2.24. The second kappa shape index (κ2) is 8.56. The van der Waals surface area contributed by atoms with Gasteiger partial charge >= 0.3 is 0 Å². The first-order chi connectivity index (χ1) is 12.6. The van der Waals surface area contributed by atoms with E-state index < -0.39 is 0 Å².